The van der Waals surface area contributed by atoms with Crippen LogP contribution in [0.1, 0.15) is 5.56 Å². The van der Waals surface area contributed by atoms with E-state index in [0.717, 1.165) is 5.56 Å². The first-order chi connectivity index (χ1) is 7.13. The topological polar surface area (TPSA) is 48.1 Å². The molecule has 0 atom stereocenters. The first kappa shape index (κ1) is 9.71. The highest BCUT2D eigenvalue weighted by Crippen LogP contribution is 2.28. The summed E-state index contributed by atoms with van der Waals surface area (Å²) in [5.41, 5.74) is 6.69. The number of nitrogens with zero attached hydrogens (tertiary/aromatic N) is 1. The Balaban J connectivity index is 2.88. The average Bonchev–Trinajstić information content (AvgIpc) is 2.22. The highest BCUT2D eigenvalue weighted by Gasteiger charge is 2.09. The highest BCUT2D eigenvalue weighted by atomic mass is 19.1. The fraction of sp³-hybridized carbons (Fsp3) is 0.182. The summed E-state index contributed by atoms with van der Waals surface area (Å²) < 4.78 is 18.6. The molecule has 2 N–H and O–H groups in total. The van der Waals surface area contributed by atoms with Gasteiger partial charge in [-0.1, -0.05) is 0 Å². The predicted octanol–water partition coefficient (Wildman–Crippen LogP) is 2.27. The van der Waals surface area contributed by atoms with Gasteiger partial charge in [-0.15, -0.1) is 0 Å². The number of methoxy groups -OCH3 is 1. The van der Waals surface area contributed by atoms with Crippen molar-refractivity contribution in [2.75, 3.05) is 12.8 Å². The number of aromatic nitrogens is 1. The predicted molar refractivity (Wildman–Crippen MR) is 57.4 cm³/mol. The summed E-state index contributed by atoms with van der Waals surface area (Å²) in [5, 5.41) is 0.643. The molecular weight excluding hydrogens is 195 g/mol. The lowest BCUT2D eigenvalue weighted by molar-refractivity contribution is 0.419. The van der Waals surface area contributed by atoms with Crippen LogP contribution >= 0.6 is 0 Å². The Morgan fingerprint density at radius 2 is 2.13 bits per heavy atom. The third-order valence-electron chi connectivity index (χ3n) is 2.34. The molecule has 2 rings (SSSR count). The van der Waals surface area contributed by atoms with E-state index >= 15 is 0 Å². The van der Waals surface area contributed by atoms with Gasteiger partial charge in [0.2, 0.25) is 0 Å². The smallest absolute Gasteiger partial charge is 0.149 e. The SMILES string of the molecule is COc1ccc(F)c2nc(N)c(C)cc12. The Kier molecular flexibility index (Phi) is 2.19. The molecule has 4 heteroatoms. The van der Waals surface area contributed by atoms with Crippen molar-refractivity contribution in [3.63, 3.8) is 0 Å². The van der Waals surface area contributed by atoms with Gasteiger partial charge in [0.15, 0.2) is 0 Å². The number of hydrogen-bond donors (Lipinski definition) is 1. The molecule has 0 aliphatic rings. The molecule has 0 aliphatic carbocycles. The molecule has 0 saturated heterocycles. The minimum atomic E-state index is -0.391. The number of fused-ring (bicyclic) bond motifs is 1. The third kappa shape index (κ3) is 1.48. The highest BCUT2D eigenvalue weighted by molar-refractivity contribution is 5.87. The lowest BCUT2D eigenvalue weighted by Crippen LogP contribution is -1.97. The zero-order valence-corrected chi connectivity index (χ0v) is 8.54. The first-order valence-electron chi connectivity index (χ1n) is 4.53. The molecule has 0 saturated carbocycles. The number of nitrogen functional groups attached to an aromatic ring is 1. The molecule has 1 aromatic carbocycles. The molecule has 0 fully saturated rings. The van der Waals surface area contributed by atoms with E-state index in [9.17, 15) is 4.39 Å². The quantitative estimate of drug-likeness (QED) is 0.778. The van der Waals surface area contributed by atoms with Crippen molar-refractivity contribution in [2.24, 2.45) is 0 Å². The summed E-state index contributed by atoms with van der Waals surface area (Å²) in [6.45, 7) is 1.83. The van der Waals surface area contributed by atoms with Crippen molar-refractivity contribution < 1.29 is 9.13 Å². The van der Waals surface area contributed by atoms with E-state index < -0.39 is 5.82 Å². The van der Waals surface area contributed by atoms with E-state index in [1.54, 1.807) is 19.2 Å². The van der Waals surface area contributed by atoms with E-state index in [0.29, 0.717) is 17.0 Å². The summed E-state index contributed by atoms with van der Waals surface area (Å²) in [4.78, 5) is 4.01. The second-order valence-electron chi connectivity index (χ2n) is 3.34. The summed E-state index contributed by atoms with van der Waals surface area (Å²) in [6, 6.07) is 4.68. The summed E-state index contributed by atoms with van der Waals surface area (Å²) in [6.07, 6.45) is 0. The molecule has 1 aromatic heterocycles. The Bertz CT molecular complexity index is 525. The minimum absolute atomic E-state index is 0.248. The number of rotatable bonds is 1. The first-order valence-corrected chi connectivity index (χ1v) is 4.53. The van der Waals surface area contributed by atoms with Gasteiger partial charge in [-0.05, 0) is 30.7 Å². The number of anilines is 1. The number of pyridine rings is 1. The molecule has 78 valence electrons. The largest absolute Gasteiger partial charge is 0.496 e. The molecule has 0 amide bonds. The monoisotopic (exact) mass is 206 g/mol. The van der Waals surface area contributed by atoms with Crippen molar-refractivity contribution in [1.82, 2.24) is 4.98 Å². The lowest BCUT2D eigenvalue weighted by Gasteiger charge is -2.07. The Morgan fingerprint density at radius 1 is 1.40 bits per heavy atom. The molecule has 1 heterocycles. The van der Waals surface area contributed by atoms with Crippen molar-refractivity contribution in [1.29, 1.82) is 0 Å². The van der Waals surface area contributed by atoms with E-state index in [4.69, 9.17) is 10.5 Å². The fourth-order valence-electron chi connectivity index (χ4n) is 1.49. The number of nitrogens with two attached hydrogens (primary N) is 1. The van der Waals surface area contributed by atoms with Gasteiger partial charge in [0, 0.05) is 5.39 Å². The number of aryl methyl sites for hydroxylation is 1. The van der Waals surface area contributed by atoms with Gasteiger partial charge < -0.3 is 10.5 Å². The van der Waals surface area contributed by atoms with Crippen LogP contribution in [0, 0.1) is 12.7 Å². The maximum atomic E-state index is 13.4. The maximum absolute atomic E-state index is 13.4. The molecule has 0 unspecified atom stereocenters. The van der Waals surface area contributed by atoms with Crippen LogP contribution in [-0.2, 0) is 0 Å². The standard InChI is InChI=1S/C11H11FN2O/c1-6-5-7-9(15-2)4-3-8(12)10(7)14-11(6)13/h3-5H,1-2H3,(H2,13,14). The zero-order chi connectivity index (χ0) is 11.0. The van der Waals surface area contributed by atoms with Crippen molar-refractivity contribution in [3.8, 4) is 5.75 Å². The van der Waals surface area contributed by atoms with Crippen LogP contribution in [0.15, 0.2) is 18.2 Å². The third-order valence-corrected chi connectivity index (χ3v) is 2.34. The van der Waals surface area contributed by atoms with Crippen LogP contribution in [0.2, 0.25) is 0 Å². The number of halogens is 1. The summed E-state index contributed by atoms with van der Waals surface area (Å²) in [5.74, 6) is 0.550. The van der Waals surface area contributed by atoms with Gasteiger partial charge in [0.05, 0.1) is 7.11 Å². The Labute approximate surface area is 86.7 Å². The van der Waals surface area contributed by atoms with Gasteiger partial charge in [-0.25, -0.2) is 9.37 Å². The normalized spacial score (nSPS) is 10.6. The van der Waals surface area contributed by atoms with Crippen molar-refractivity contribution >= 4 is 16.7 Å². The van der Waals surface area contributed by atoms with E-state index in [1.807, 2.05) is 6.92 Å². The molecule has 0 bridgehead atoms. The van der Waals surface area contributed by atoms with E-state index in [2.05, 4.69) is 4.98 Å². The van der Waals surface area contributed by atoms with Gasteiger partial charge in [0.25, 0.3) is 0 Å². The van der Waals surface area contributed by atoms with Gasteiger partial charge >= 0.3 is 0 Å². The van der Waals surface area contributed by atoms with Crippen LogP contribution in [0.3, 0.4) is 0 Å². The van der Waals surface area contributed by atoms with Gasteiger partial charge in [0.1, 0.15) is 22.9 Å². The van der Waals surface area contributed by atoms with Crippen molar-refractivity contribution in [2.45, 2.75) is 6.92 Å². The fourth-order valence-corrected chi connectivity index (χ4v) is 1.49. The molecule has 3 nitrogen and oxygen atoms in total. The van der Waals surface area contributed by atoms with Crippen LogP contribution in [-0.4, -0.2) is 12.1 Å². The Morgan fingerprint density at radius 3 is 2.80 bits per heavy atom. The minimum Gasteiger partial charge on any atom is -0.496 e. The van der Waals surface area contributed by atoms with E-state index in [-0.39, 0.29) is 5.52 Å². The number of ether oxygens (including phenoxy) is 1. The Hall–Kier alpha value is -1.84. The average molecular weight is 206 g/mol. The van der Waals surface area contributed by atoms with Crippen LogP contribution in [0.4, 0.5) is 10.2 Å². The lowest BCUT2D eigenvalue weighted by atomic mass is 10.1. The van der Waals surface area contributed by atoms with Crippen LogP contribution in [0.5, 0.6) is 5.75 Å². The molecule has 15 heavy (non-hydrogen) atoms. The number of benzene rings is 1. The van der Waals surface area contributed by atoms with Crippen LogP contribution < -0.4 is 10.5 Å². The molecule has 0 spiro atoms. The van der Waals surface area contributed by atoms with Crippen molar-refractivity contribution in [3.05, 3.63) is 29.6 Å². The molecule has 2 aromatic rings. The molecule has 0 radical (unpaired) electrons. The van der Waals surface area contributed by atoms with Gasteiger partial charge in [-0.2, -0.15) is 0 Å². The summed E-state index contributed by atoms with van der Waals surface area (Å²) >= 11 is 0. The molecular formula is C11H11FN2O. The van der Waals surface area contributed by atoms with E-state index in [1.165, 1.54) is 6.07 Å². The number of hydrogen-bond acceptors (Lipinski definition) is 3. The zero-order valence-electron chi connectivity index (χ0n) is 8.54. The second kappa shape index (κ2) is 3.38. The summed E-state index contributed by atoms with van der Waals surface area (Å²) in [7, 11) is 1.54. The maximum Gasteiger partial charge on any atom is 0.149 e. The second-order valence-corrected chi connectivity index (χ2v) is 3.34. The van der Waals surface area contributed by atoms with Gasteiger partial charge in [-0.3, -0.25) is 0 Å². The molecule has 0 aliphatic heterocycles. The van der Waals surface area contributed by atoms with Crippen LogP contribution in [0.25, 0.3) is 10.9 Å².